The van der Waals surface area contributed by atoms with E-state index in [1.54, 1.807) is 0 Å². The Bertz CT molecular complexity index is 336. The summed E-state index contributed by atoms with van der Waals surface area (Å²) in [5, 5.41) is 5.89. The van der Waals surface area contributed by atoms with Crippen molar-refractivity contribution in [1.82, 2.24) is 10.6 Å². The summed E-state index contributed by atoms with van der Waals surface area (Å²) < 4.78 is 0. The number of carbonyl (C=O) groups is 1. The van der Waals surface area contributed by atoms with Crippen LogP contribution in [0.25, 0.3) is 0 Å². The van der Waals surface area contributed by atoms with Gasteiger partial charge >= 0.3 is 0 Å². The average molecular weight is 220 g/mol. The first kappa shape index (κ1) is 12.7. The highest BCUT2D eigenvalue weighted by molar-refractivity contribution is 5.77. The third-order valence-corrected chi connectivity index (χ3v) is 2.49. The van der Waals surface area contributed by atoms with Gasteiger partial charge in [-0.3, -0.25) is 4.79 Å². The molecule has 0 fully saturated rings. The minimum atomic E-state index is 0.0623. The van der Waals surface area contributed by atoms with Crippen molar-refractivity contribution in [2.24, 2.45) is 0 Å². The predicted octanol–water partition coefficient (Wildman–Crippen LogP) is 1.26. The zero-order chi connectivity index (χ0) is 11.8. The maximum Gasteiger partial charge on any atom is 0.233 e. The highest BCUT2D eigenvalue weighted by Crippen LogP contribution is 2.06. The largest absolute Gasteiger partial charge is 0.355 e. The minimum Gasteiger partial charge on any atom is -0.355 e. The summed E-state index contributed by atoms with van der Waals surface area (Å²) in [6.07, 6.45) is 0.964. The maximum atomic E-state index is 11.1. The Morgan fingerprint density at radius 2 is 2.06 bits per heavy atom. The van der Waals surface area contributed by atoms with E-state index in [1.165, 1.54) is 11.1 Å². The number of carbonyl (C=O) groups excluding carboxylic acids is 1. The Labute approximate surface area is 97.2 Å². The first-order chi connectivity index (χ1) is 7.74. The van der Waals surface area contributed by atoms with E-state index in [0.717, 1.165) is 13.0 Å². The Kier molecular flexibility index (Phi) is 5.57. The summed E-state index contributed by atoms with van der Waals surface area (Å²) in [6, 6.07) is 8.33. The summed E-state index contributed by atoms with van der Waals surface area (Å²) >= 11 is 0. The molecule has 16 heavy (non-hydrogen) atoms. The molecular formula is C13H20N2O. The third-order valence-electron chi connectivity index (χ3n) is 2.49. The molecule has 0 spiro atoms. The van der Waals surface area contributed by atoms with Crippen molar-refractivity contribution in [1.29, 1.82) is 0 Å². The lowest BCUT2D eigenvalue weighted by molar-refractivity contribution is -0.120. The van der Waals surface area contributed by atoms with Crippen molar-refractivity contribution >= 4 is 5.91 Å². The Morgan fingerprint density at radius 3 is 2.75 bits per heavy atom. The van der Waals surface area contributed by atoms with Crippen molar-refractivity contribution in [3.8, 4) is 0 Å². The number of aryl methyl sites for hydroxylation is 1. The van der Waals surface area contributed by atoms with Gasteiger partial charge in [0.25, 0.3) is 0 Å². The molecule has 1 aromatic carbocycles. The molecule has 0 aliphatic heterocycles. The second-order valence-corrected chi connectivity index (χ2v) is 3.81. The molecule has 0 atom stereocenters. The molecule has 2 N–H and O–H groups in total. The van der Waals surface area contributed by atoms with Crippen LogP contribution in [0, 0.1) is 6.92 Å². The SMILES string of the molecule is CCNC(=O)CNCCc1ccccc1C. The van der Waals surface area contributed by atoms with Gasteiger partial charge in [0.05, 0.1) is 6.54 Å². The number of nitrogens with one attached hydrogen (secondary N) is 2. The lowest BCUT2D eigenvalue weighted by Crippen LogP contribution is -2.34. The molecular weight excluding hydrogens is 200 g/mol. The smallest absolute Gasteiger partial charge is 0.233 e. The molecule has 0 saturated carbocycles. The molecule has 0 saturated heterocycles. The van der Waals surface area contributed by atoms with Gasteiger partial charge in [-0.15, -0.1) is 0 Å². The normalized spacial score (nSPS) is 10.1. The molecule has 1 amide bonds. The molecule has 1 aromatic rings. The third kappa shape index (κ3) is 4.45. The molecule has 0 aliphatic carbocycles. The van der Waals surface area contributed by atoms with Crippen LogP contribution < -0.4 is 10.6 Å². The molecule has 0 heterocycles. The summed E-state index contributed by atoms with van der Waals surface area (Å²) in [5.74, 6) is 0.0623. The lowest BCUT2D eigenvalue weighted by atomic mass is 10.1. The molecule has 3 heteroatoms. The van der Waals surface area contributed by atoms with E-state index in [4.69, 9.17) is 0 Å². The van der Waals surface area contributed by atoms with Crippen molar-refractivity contribution in [2.45, 2.75) is 20.3 Å². The van der Waals surface area contributed by atoms with Gasteiger partial charge in [0, 0.05) is 6.54 Å². The molecule has 0 radical (unpaired) electrons. The highest BCUT2D eigenvalue weighted by atomic mass is 16.1. The molecule has 0 aliphatic rings. The zero-order valence-corrected chi connectivity index (χ0v) is 10.0. The van der Waals surface area contributed by atoms with E-state index in [0.29, 0.717) is 13.1 Å². The topological polar surface area (TPSA) is 41.1 Å². The fraction of sp³-hybridized carbons (Fsp3) is 0.462. The first-order valence-corrected chi connectivity index (χ1v) is 5.76. The maximum absolute atomic E-state index is 11.1. The van der Waals surface area contributed by atoms with Crippen LogP contribution >= 0.6 is 0 Å². The Hall–Kier alpha value is -1.35. The number of likely N-dealkylation sites (N-methyl/N-ethyl adjacent to an activating group) is 1. The van der Waals surface area contributed by atoms with Gasteiger partial charge in [-0.05, 0) is 37.9 Å². The second-order valence-electron chi connectivity index (χ2n) is 3.81. The Balaban J connectivity index is 2.21. The fourth-order valence-electron chi connectivity index (χ4n) is 1.58. The van der Waals surface area contributed by atoms with Crippen LogP contribution in [0.5, 0.6) is 0 Å². The summed E-state index contributed by atoms with van der Waals surface area (Å²) in [5.41, 5.74) is 2.65. The van der Waals surface area contributed by atoms with Gasteiger partial charge in [-0.1, -0.05) is 24.3 Å². The predicted molar refractivity (Wildman–Crippen MR) is 66.4 cm³/mol. The van der Waals surface area contributed by atoms with Gasteiger partial charge in [0.2, 0.25) is 5.91 Å². The van der Waals surface area contributed by atoms with Gasteiger partial charge < -0.3 is 10.6 Å². The van der Waals surface area contributed by atoms with Crippen LogP contribution in [0.1, 0.15) is 18.1 Å². The van der Waals surface area contributed by atoms with Crippen LogP contribution in [0.2, 0.25) is 0 Å². The number of amides is 1. The van der Waals surface area contributed by atoms with Crippen LogP contribution in [0.3, 0.4) is 0 Å². The summed E-state index contributed by atoms with van der Waals surface area (Å²) in [4.78, 5) is 11.1. The van der Waals surface area contributed by atoms with Crippen molar-refractivity contribution < 1.29 is 4.79 Å². The first-order valence-electron chi connectivity index (χ1n) is 5.76. The van der Waals surface area contributed by atoms with Crippen LogP contribution in [-0.4, -0.2) is 25.5 Å². The highest BCUT2D eigenvalue weighted by Gasteiger charge is 1.99. The number of hydrogen-bond acceptors (Lipinski definition) is 2. The van der Waals surface area contributed by atoms with Gasteiger partial charge in [-0.2, -0.15) is 0 Å². The molecule has 0 bridgehead atoms. The van der Waals surface area contributed by atoms with Gasteiger partial charge in [0.15, 0.2) is 0 Å². The van der Waals surface area contributed by atoms with Crippen LogP contribution in [0.4, 0.5) is 0 Å². The Morgan fingerprint density at radius 1 is 1.31 bits per heavy atom. The van der Waals surface area contributed by atoms with E-state index in [2.05, 4.69) is 29.7 Å². The average Bonchev–Trinajstić information content (AvgIpc) is 2.27. The second kappa shape index (κ2) is 7.01. The van der Waals surface area contributed by atoms with Crippen LogP contribution in [-0.2, 0) is 11.2 Å². The minimum absolute atomic E-state index is 0.0623. The molecule has 0 aromatic heterocycles. The monoisotopic (exact) mass is 220 g/mol. The number of rotatable bonds is 6. The summed E-state index contributed by atoms with van der Waals surface area (Å²) in [6.45, 7) is 5.96. The van der Waals surface area contributed by atoms with Gasteiger partial charge in [0.1, 0.15) is 0 Å². The lowest BCUT2D eigenvalue weighted by Gasteiger charge is -2.07. The van der Waals surface area contributed by atoms with Gasteiger partial charge in [-0.25, -0.2) is 0 Å². The van der Waals surface area contributed by atoms with Crippen LogP contribution in [0.15, 0.2) is 24.3 Å². The van der Waals surface area contributed by atoms with E-state index in [1.807, 2.05) is 19.1 Å². The quantitative estimate of drug-likeness (QED) is 0.709. The van der Waals surface area contributed by atoms with E-state index in [-0.39, 0.29) is 5.91 Å². The standard InChI is InChI=1S/C13H20N2O/c1-3-15-13(16)10-14-9-8-12-7-5-4-6-11(12)2/h4-7,14H,3,8-10H2,1-2H3,(H,15,16). The molecule has 0 unspecified atom stereocenters. The van der Waals surface area contributed by atoms with E-state index in [9.17, 15) is 4.79 Å². The number of benzene rings is 1. The zero-order valence-electron chi connectivity index (χ0n) is 10.0. The van der Waals surface area contributed by atoms with E-state index >= 15 is 0 Å². The van der Waals surface area contributed by atoms with Crippen molar-refractivity contribution in [2.75, 3.05) is 19.6 Å². The molecule has 1 rings (SSSR count). The summed E-state index contributed by atoms with van der Waals surface area (Å²) in [7, 11) is 0. The fourth-order valence-corrected chi connectivity index (χ4v) is 1.58. The number of hydrogen-bond donors (Lipinski definition) is 2. The van der Waals surface area contributed by atoms with Crippen molar-refractivity contribution in [3.63, 3.8) is 0 Å². The van der Waals surface area contributed by atoms with E-state index < -0.39 is 0 Å². The van der Waals surface area contributed by atoms with Crippen molar-refractivity contribution in [3.05, 3.63) is 35.4 Å². The molecule has 3 nitrogen and oxygen atoms in total. The molecule has 88 valence electrons.